The van der Waals surface area contributed by atoms with Crippen molar-refractivity contribution < 1.29 is 9.59 Å². The first-order valence-corrected chi connectivity index (χ1v) is 6.79. The molecule has 1 aliphatic heterocycles. The van der Waals surface area contributed by atoms with Crippen molar-refractivity contribution in [1.29, 1.82) is 0 Å². The van der Waals surface area contributed by atoms with E-state index < -0.39 is 0 Å². The normalized spacial score (nSPS) is 23.2. The van der Waals surface area contributed by atoms with Gasteiger partial charge >= 0.3 is 0 Å². The quantitative estimate of drug-likeness (QED) is 0.767. The molecule has 6 nitrogen and oxygen atoms in total. The summed E-state index contributed by atoms with van der Waals surface area (Å²) in [5, 5.41) is 2.38. The lowest BCUT2D eigenvalue weighted by molar-refractivity contribution is -0.142. The van der Waals surface area contributed by atoms with Crippen LogP contribution in [0.5, 0.6) is 0 Å². The Morgan fingerprint density at radius 3 is 2.65 bits per heavy atom. The van der Waals surface area contributed by atoms with Crippen molar-refractivity contribution in [2.75, 3.05) is 6.54 Å². The summed E-state index contributed by atoms with van der Waals surface area (Å²) in [7, 11) is 0. The van der Waals surface area contributed by atoms with Gasteiger partial charge < -0.3 is 5.73 Å². The van der Waals surface area contributed by atoms with Crippen molar-refractivity contribution in [3.63, 3.8) is 0 Å². The summed E-state index contributed by atoms with van der Waals surface area (Å²) >= 11 is 0. The lowest BCUT2D eigenvalue weighted by Gasteiger charge is -2.41. The molecule has 20 heavy (non-hydrogen) atoms. The van der Waals surface area contributed by atoms with Gasteiger partial charge in [0.05, 0.1) is 18.6 Å². The molecule has 1 saturated heterocycles. The number of hydrogen-bond acceptors (Lipinski definition) is 5. The zero-order valence-electron chi connectivity index (χ0n) is 11.7. The van der Waals surface area contributed by atoms with E-state index in [2.05, 4.69) is 10.3 Å². The van der Waals surface area contributed by atoms with Crippen LogP contribution in [0.2, 0.25) is 0 Å². The number of pyridine rings is 1. The van der Waals surface area contributed by atoms with Gasteiger partial charge in [-0.15, -0.1) is 0 Å². The van der Waals surface area contributed by atoms with Gasteiger partial charge in [-0.2, -0.15) is 0 Å². The highest BCUT2D eigenvalue weighted by Crippen LogP contribution is 2.27. The standard InChI is InChI=1S/C14H20N4O2/c1-3-11-14(20)17-12(19)8-18(11)13(9(2)15)10-4-6-16-7-5-10/h4-7,9,11,13H,3,8,15H2,1-2H3,(H,17,19,20). The first-order valence-electron chi connectivity index (χ1n) is 6.79. The Bertz CT molecular complexity index is 489. The lowest BCUT2D eigenvalue weighted by Crippen LogP contribution is -2.60. The molecule has 0 radical (unpaired) electrons. The zero-order chi connectivity index (χ0) is 14.7. The van der Waals surface area contributed by atoms with Gasteiger partial charge in [0.1, 0.15) is 0 Å². The number of nitrogens with one attached hydrogen (secondary N) is 1. The Kier molecular flexibility index (Phi) is 4.46. The fourth-order valence-electron chi connectivity index (χ4n) is 2.76. The Morgan fingerprint density at radius 1 is 1.45 bits per heavy atom. The summed E-state index contributed by atoms with van der Waals surface area (Å²) in [6.07, 6.45) is 4.02. The van der Waals surface area contributed by atoms with Gasteiger partial charge in [-0.25, -0.2) is 0 Å². The van der Waals surface area contributed by atoms with Crippen molar-refractivity contribution in [3.8, 4) is 0 Å². The number of imide groups is 1. The summed E-state index contributed by atoms with van der Waals surface area (Å²) in [5.74, 6) is -0.525. The van der Waals surface area contributed by atoms with Crippen molar-refractivity contribution in [2.24, 2.45) is 5.73 Å². The Hall–Kier alpha value is -1.79. The van der Waals surface area contributed by atoms with Crippen LogP contribution in [0, 0.1) is 0 Å². The van der Waals surface area contributed by atoms with Gasteiger partial charge in [0.2, 0.25) is 11.8 Å². The van der Waals surface area contributed by atoms with E-state index >= 15 is 0 Å². The van der Waals surface area contributed by atoms with Crippen LogP contribution in [-0.2, 0) is 9.59 Å². The molecule has 6 heteroatoms. The molecule has 3 N–H and O–H groups in total. The molecule has 1 aliphatic rings. The van der Waals surface area contributed by atoms with Gasteiger partial charge in [0.25, 0.3) is 0 Å². The number of carbonyl (C=O) groups excluding carboxylic acids is 2. The molecule has 2 rings (SSSR count). The second-order valence-corrected chi connectivity index (χ2v) is 5.09. The number of carbonyl (C=O) groups is 2. The monoisotopic (exact) mass is 276 g/mol. The van der Waals surface area contributed by atoms with Crippen LogP contribution >= 0.6 is 0 Å². The number of amides is 2. The summed E-state index contributed by atoms with van der Waals surface area (Å²) in [6, 6.07) is 3.02. The van der Waals surface area contributed by atoms with Crippen LogP contribution in [-0.4, -0.2) is 40.3 Å². The molecule has 1 aromatic heterocycles. The van der Waals surface area contributed by atoms with Gasteiger partial charge in [0.15, 0.2) is 0 Å². The third kappa shape index (κ3) is 2.86. The summed E-state index contributed by atoms with van der Waals surface area (Å²) in [5.41, 5.74) is 7.07. The van der Waals surface area contributed by atoms with Crippen molar-refractivity contribution in [3.05, 3.63) is 30.1 Å². The number of hydrogen-bond donors (Lipinski definition) is 2. The predicted molar refractivity (Wildman–Crippen MR) is 74.6 cm³/mol. The third-order valence-electron chi connectivity index (χ3n) is 3.58. The van der Waals surface area contributed by atoms with E-state index in [0.717, 1.165) is 5.56 Å². The van der Waals surface area contributed by atoms with Crippen LogP contribution in [0.4, 0.5) is 0 Å². The third-order valence-corrected chi connectivity index (χ3v) is 3.58. The topological polar surface area (TPSA) is 88.3 Å². The first-order chi connectivity index (χ1) is 9.54. The maximum atomic E-state index is 12.0. The molecular formula is C14H20N4O2. The highest BCUT2D eigenvalue weighted by atomic mass is 16.2. The van der Waals surface area contributed by atoms with Gasteiger partial charge in [-0.3, -0.25) is 24.8 Å². The van der Waals surface area contributed by atoms with Crippen LogP contribution in [0.25, 0.3) is 0 Å². The molecular weight excluding hydrogens is 256 g/mol. The molecule has 2 heterocycles. The number of aromatic nitrogens is 1. The van der Waals surface area contributed by atoms with Gasteiger partial charge in [-0.1, -0.05) is 6.92 Å². The Balaban J connectivity index is 2.36. The van der Waals surface area contributed by atoms with E-state index in [1.807, 2.05) is 30.9 Å². The highest BCUT2D eigenvalue weighted by Gasteiger charge is 2.38. The number of nitrogens with two attached hydrogens (primary N) is 1. The molecule has 0 bridgehead atoms. The maximum absolute atomic E-state index is 12.0. The number of nitrogens with zero attached hydrogens (tertiary/aromatic N) is 2. The first kappa shape index (κ1) is 14.6. The zero-order valence-corrected chi connectivity index (χ0v) is 11.7. The van der Waals surface area contributed by atoms with E-state index in [4.69, 9.17) is 5.73 Å². The van der Waals surface area contributed by atoms with E-state index in [1.165, 1.54) is 0 Å². The van der Waals surface area contributed by atoms with Crippen LogP contribution in [0.1, 0.15) is 31.9 Å². The van der Waals surface area contributed by atoms with Crippen LogP contribution < -0.4 is 11.1 Å². The van der Waals surface area contributed by atoms with E-state index in [1.54, 1.807) is 12.4 Å². The fourth-order valence-corrected chi connectivity index (χ4v) is 2.76. The molecule has 1 fully saturated rings. The van der Waals surface area contributed by atoms with E-state index in [0.29, 0.717) is 6.42 Å². The Labute approximate surface area is 118 Å². The minimum Gasteiger partial charge on any atom is -0.326 e. The van der Waals surface area contributed by atoms with Crippen molar-refractivity contribution in [2.45, 2.75) is 38.4 Å². The van der Waals surface area contributed by atoms with Crippen molar-refractivity contribution in [1.82, 2.24) is 15.2 Å². The average Bonchev–Trinajstić information content (AvgIpc) is 2.39. The maximum Gasteiger partial charge on any atom is 0.243 e. The molecule has 0 aromatic carbocycles. The van der Waals surface area contributed by atoms with E-state index in [-0.39, 0.29) is 36.5 Å². The predicted octanol–water partition coefficient (Wildman–Crippen LogP) is 0.207. The molecule has 0 spiro atoms. The molecule has 3 unspecified atom stereocenters. The van der Waals surface area contributed by atoms with Gasteiger partial charge in [0, 0.05) is 18.4 Å². The number of piperazine rings is 1. The van der Waals surface area contributed by atoms with Gasteiger partial charge in [-0.05, 0) is 31.0 Å². The summed E-state index contributed by atoms with van der Waals surface area (Å²) in [6.45, 7) is 3.99. The van der Waals surface area contributed by atoms with E-state index in [9.17, 15) is 9.59 Å². The van der Waals surface area contributed by atoms with Crippen LogP contribution in [0.3, 0.4) is 0 Å². The number of rotatable bonds is 4. The molecule has 3 atom stereocenters. The second-order valence-electron chi connectivity index (χ2n) is 5.09. The molecule has 1 aromatic rings. The minimum absolute atomic E-state index is 0.179. The smallest absolute Gasteiger partial charge is 0.243 e. The second kappa shape index (κ2) is 6.11. The summed E-state index contributed by atoms with van der Waals surface area (Å²) in [4.78, 5) is 29.5. The van der Waals surface area contributed by atoms with Crippen LogP contribution in [0.15, 0.2) is 24.5 Å². The lowest BCUT2D eigenvalue weighted by atomic mass is 9.96. The largest absolute Gasteiger partial charge is 0.326 e. The fraction of sp³-hybridized carbons (Fsp3) is 0.500. The Morgan fingerprint density at radius 2 is 2.10 bits per heavy atom. The molecule has 108 valence electrons. The summed E-state index contributed by atoms with van der Waals surface area (Å²) < 4.78 is 0. The highest BCUT2D eigenvalue weighted by molar-refractivity contribution is 6.01. The minimum atomic E-state index is -0.336. The average molecular weight is 276 g/mol. The molecule has 0 saturated carbocycles. The van der Waals surface area contributed by atoms with Crippen molar-refractivity contribution >= 4 is 11.8 Å². The molecule has 2 amide bonds. The SMILES string of the molecule is CCC1C(=O)NC(=O)CN1C(c1ccncc1)C(C)N. The molecule has 0 aliphatic carbocycles.